The summed E-state index contributed by atoms with van der Waals surface area (Å²) in [6.45, 7) is -0.0985. The van der Waals surface area contributed by atoms with Crippen LogP contribution in [0.1, 0.15) is 5.76 Å². The molecule has 0 saturated carbocycles. The summed E-state index contributed by atoms with van der Waals surface area (Å²) in [6, 6.07) is 15.9. The van der Waals surface area contributed by atoms with Gasteiger partial charge in [-0.25, -0.2) is 4.98 Å². The summed E-state index contributed by atoms with van der Waals surface area (Å²) in [7, 11) is 0. The van der Waals surface area contributed by atoms with Gasteiger partial charge in [-0.1, -0.05) is 12.1 Å². The average molecular weight is 329 g/mol. The number of H-pyrrole nitrogens is 1. The van der Waals surface area contributed by atoms with Crippen LogP contribution in [0.2, 0.25) is 0 Å². The fraction of sp³-hybridized carbons (Fsp3) is 0.0500. The summed E-state index contributed by atoms with van der Waals surface area (Å²) >= 11 is 0. The van der Waals surface area contributed by atoms with Crippen molar-refractivity contribution in [2.75, 3.05) is 0 Å². The van der Waals surface area contributed by atoms with Gasteiger partial charge >= 0.3 is 0 Å². The van der Waals surface area contributed by atoms with Gasteiger partial charge in [-0.3, -0.25) is 0 Å². The fourth-order valence-electron chi connectivity index (χ4n) is 3.10. The average Bonchev–Trinajstić information content (AvgIpc) is 3.37. The Balaban J connectivity index is 1.58. The number of aliphatic hydroxyl groups excluding tert-OH is 1. The van der Waals surface area contributed by atoms with Gasteiger partial charge in [-0.2, -0.15) is 0 Å². The first kappa shape index (κ1) is 14.1. The third kappa shape index (κ3) is 2.33. The number of fused-ring (bicyclic) bond motifs is 2. The highest BCUT2D eigenvalue weighted by molar-refractivity contribution is 5.84. The standard InChI is InChI=1S/C20H15N3O2/c24-12-16-4-5-19(25-16)15-3-6-20-22-18(11-23(20)10-15)14-2-1-13-7-8-21-17(13)9-14/h1-11,21,24H,12H2. The maximum atomic E-state index is 9.15. The van der Waals surface area contributed by atoms with E-state index in [9.17, 15) is 0 Å². The fourth-order valence-corrected chi connectivity index (χ4v) is 3.10. The third-order valence-electron chi connectivity index (χ3n) is 4.40. The Bertz CT molecular complexity index is 1200. The molecule has 2 N–H and O–H groups in total. The Morgan fingerprint density at radius 3 is 2.80 bits per heavy atom. The number of aromatic nitrogens is 3. The Morgan fingerprint density at radius 1 is 1.00 bits per heavy atom. The second-order valence-corrected chi connectivity index (χ2v) is 6.01. The van der Waals surface area contributed by atoms with Crippen LogP contribution in [0.25, 0.3) is 39.1 Å². The van der Waals surface area contributed by atoms with E-state index in [1.165, 1.54) is 5.39 Å². The second-order valence-electron chi connectivity index (χ2n) is 6.01. The van der Waals surface area contributed by atoms with Crippen LogP contribution in [0.15, 0.2) is 71.5 Å². The van der Waals surface area contributed by atoms with Gasteiger partial charge in [0.1, 0.15) is 23.8 Å². The number of rotatable bonds is 3. The molecule has 0 unspecified atom stereocenters. The zero-order valence-electron chi connectivity index (χ0n) is 13.3. The van der Waals surface area contributed by atoms with Crippen molar-refractivity contribution in [1.82, 2.24) is 14.4 Å². The van der Waals surface area contributed by atoms with Crippen LogP contribution in [0.4, 0.5) is 0 Å². The molecule has 5 heteroatoms. The Labute approximate surface area is 143 Å². The first-order valence-electron chi connectivity index (χ1n) is 8.06. The van der Waals surface area contributed by atoms with Gasteiger partial charge in [0.2, 0.25) is 0 Å². The molecule has 25 heavy (non-hydrogen) atoms. The largest absolute Gasteiger partial charge is 0.459 e. The number of benzene rings is 1. The third-order valence-corrected chi connectivity index (χ3v) is 4.40. The van der Waals surface area contributed by atoms with Gasteiger partial charge in [-0.15, -0.1) is 0 Å². The number of nitrogens with one attached hydrogen (secondary N) is 1. The highest BCUT2D eigenvalue weighted by Gasteiger charge is 2.09. The first-order valence-corrected chi connectivity index (χ1v) is 8.06. The predicted molar refractivity (Wildman–Crippen MR) is 96.1 cm³/mol. The monoisotopic (exact) mass is 329 g/mol. The molecule has 5 aromatic rings. The van der Waals surface area contributed by atoms with Crippen molar-refractivity contribution in [3.63, 3.8) is 0 Å². The van der Waals surface area contributed by atoms with Gasteiger partial charge in [0.15, 0.2) is 0 Å². The molecular weight excluding hydrogens is 314 g/mol. The number of imidazole rings is 1. The lowest BCUT2D eigenvalue weighted by Gasteiger charge is -1.98. The van der Waals surface area contributed by atoms with Crippen LogP contribution in [0, 0.1) is 0 Å². The normalized spacial score (nSPS) is 11.6. The number of furan rings is 1. The summed E-state index contributed by atoms with van der Waals surface area (Å²) in [4.78, 5) is 7.94. The van der Waals surface area contributed by atoms with E-state index >= 15 is 0 Å². The van der Waals surface area contributed by atoms with Crippen LogP contribution in [0.3, 0.4) is 0 Å². The van der Waals surface area contributed by atoms with E-state index in [2.05, 4.69) is 29.2 Å². The van der Waals surface area contributed by atoms with E-state index in [4.69, 9.17) is 14.5 Å². The molecule has 122 valence electrons. The van der Waals surface area contributed by atoms with Crippen LogP contribution in [-0.4, -0.2) is 19.5 Å². The lowest BCUT2D eigenvalue weighted by molar-refractivity contribution is 0.248. The minimum absolute atomic E-state index is 0.0985. The Hall–Kier alpha value is -3.31. The molecule has 5 rings (SSSR count). The molecule has 0 saturated heterocycles. The van der Waals surface area contributed by atoms with Crippen molar-refractivity contribution in [3.05, 3.63) is 72.9 Å². The lowest BCUT2D eigenvalue weighted by Crippen LogP contribution is -1.84. The van der Waals surface area contributed by atoms with Crippen LogP contribution in [-0.2, 0) is 6.61 Å². The summed E-state index contributed by atoms with van der Waals surface area (Å²) in [5.41, 5.74) is 4.91. The van der Waals surface area contributed by atoms with Gasteiger partial charge in [0.25, 0.3) is 0 Å². The van der Waals surface area contributed by atoms with Crippen molar-refractivity contribution >= 4 is 16.6 Å². The summed E-state index contributed by atoms with van der Waals surface area (Å²) in [5.74, 6) is 1.29. The molecule has 0 aliphatic carbocycles. The Kier molecular flexibility index (Phi) is 3.02. The molecule has 0 radical (unpaired) electrons. The maximum Gasteiger partial charge on any atom is 0.137 e. The molecular formula is C20H15N3O2. The van der Waals surface area contributed by atoms with Gasteiger partial charge in [0, 0.05) is 35.2 Å². The Morgan fingerprint density at radius 2 is 1.92 bits per heavy atom. The molecule has 4 aromatic heterocycles. The van der Waals surface area contributed by atoms with Gasteiger partial charge < -0.3 is 18.9 Å². The highest BCUT2D eigenvalue weighted by atomic mass is 16.4. The van der Waals surface area contributed by atoms with E-state index in [-0.39, 0.29) is 6.61 Å². The molecule has 0 aliphatic rings. The number of aromatic amines is 1. The molecule has 0 fully saturated rings. The lowest BCUT2D eigenvalue weighted by atomic mass is 10.1. The topological polar surface area (TPSA) is 66.5 Å². The number of aliphatic hydroxyl groups is 1. The molecule has 0 amide bonds. The number of hydrogen-bond acceptors (Lipinski definition) is 3. The smallest absolute Gasteiger partial charge is 0.137 e. The van der Waals surface area contributed by atoms with Crippen molar-refractivity contribution < 1.29 is 9.52 Å². The van der Waals surface area contributed by atoms with Crippen LogP contribution >= 0.6 is 0 Å². The van der Waals surface area contributed by atoms with Crippen molar-refractivity contribution in [2.24, 2.45) is 0 Å². The summed E-state index contributed by atoms with van der Waals surface area (Å²) in [5, 5.41) is 10.3. The van der Waals surface area contributed by atoms with E-state index < -0.39 is 0 Å². The van der Waals surface area contributed by atoms with E-state index in [1.807, 2.05) is 41.2 Å². The van der Waals surface area contributed by atoms with Gasteiger partial charge in [-0.05, 0) is 41.8 Å². The predicted octanol–water partition coefficient (Wildman–Crippen LogP) is 4.23. The van der Waals surface area contributed by atoms with E-state index in [1.54, 1.807) is 6.07 Å². The van der Waals surface area contributed by atoms with Gasteiger partial charge in [0.05, 0.1) is 5.69 Å². The molecule has 0 spiro atoms. The highest BCUT2D eigenvalue weighted by Crippen LogP contribution is 2.26. The number of hydrogen-bond donors (Lipinski definition) is 2. The molecule has 1 aromatic carbocycles. The zero-order chi connectivity index (χ0) is 16.8. The van der Waals surface area contributed by atoms with Crippen LogP contribution < -0.4 is 0 Å². The minimum atomic E-state index is -0.0985. The molecule has 0 atom stereocenters. The van der Waals surface area contributed by atoms with E-state index in [0.29, 0.717) is 5.76 Å². The molecule has 5 nitrogen and oxygen atoms in total. The second kappa shape index (κ2) is 5.36. The molecule has 0 bridgehead atoms. The minimum Gasteiger partial charge on any atom is -0.459 e. The number of nitrogens with zero attached hydrogens (tertiary/aromatic N) is 2. The van der Waals surface area contributed by atoms with Crippen molar-refractivity contribution in [2.45, 2.75) is 6.61 Å². The molecule has 0 aliphatic heterocycles. The van der Waals surface area contributed by atoms with Crippen LogP contribution in [0.5, 0.6) is 0 Å². The maximum absolute atomic E-state index is 9.15. The van der Waals surface area contributed by atoms with Crippen molar-refractivity contribution in [1.29, 1.82) is 0 Å². The number of pyridine rings is 1. The quantitative estimate of drug-likeness (QED) is 0.520. The first-order chi connectivity index (χ1) is 12.3. The van der Waals surface area contributed by atoms with E-state index in [0.717, 1.165) is 33.7 Å². The summed E-state index contributed by atoms with van der Waals surface area (Å²) < 4.78 is 7.60. The zero-order valence-corrected chi connectivity index (χ0v) is 13.3. The van der Waals surface area contributed by atoms with Crippen molar-refractivity contribution in [3.8, 4) is 22.6 Å². The summed E-state index contributed by atoms with van der Waals surface area (Å²) in [6.07, 6.45) is 5.94. The SMILES string of the molecule is OCc1ccc(-c2ccc3nc(-c4ccc5cc[nH]c5c4)cn3c2)o1. The molecule has 4 heterocycles.